The van der Waals surface area contributed by atoms with E-state index in [9.17, 15) is 9.59 Å². The monoisotopic (exact) mass is 352 g/mol. The van der Waals surface area contributed by atoms with Gasteiger partial charge >= 0.3 is 0 Å². The Morgan fingerprint density at radius 3 is 2.65 bits per heavy atom. The minimum atomic E-state index is -0.118. The molecule has 5 nitrogen and oxygen atoms in total. The number of amides is 2. The van der Waals surface area contributed by atoms with Gasteiger partial charge in [0.2, 0.25) is 5.91 Å². The Labute approximate surface area is 154 Å². The zero-order chi connectivity index (χ0) is 18.4. The fraction of sp³-hybridized carbons (Fsp3) is 0.333. The first-order valence-corrected chi connectivity index (χ1v) is 9.03. The van der Waals surface area contributed by atoms with E-state index in [0.717, 1.165) is 12.1 Å². The number of para-hydroxylation sites is 2. The second-order valence-electron chi connectivity index (χ2n) is 6.37. The maximum absolute atomic E-state index is 12.3. The average Bonchev–Trinajstić information content (AvgIpc) is 2.68. The number of anilines is 1. The van der Waals surface area contributed by atoms with Crippen LogP contribution in [0.1, 0.15) is 31.2 Å². The van der Waals surface area contributed by atoms with Gasteiger partial charge in [0.1, 0.15) is 5.75 Å². The summed E-state index contributed by atoms with van der Waals surface area (Å²) in [6, 6.07) is 17.6. The van der Waals surface area contributed by atoms with Gasteiger partial charge in [-0.25, -0.2) is 0 Å². The number of ether oxygens (including phenoxy) is 1. The van der Waals surface area contributed by atoms with Crippen molar-refractivity contribution in [2.45, 2.75) is 25.7 Å². The number of hydrogen-bond donors (Lipinski definition) is 1. The second kappa shape index (κ2) is 8.52. The molecule has 0 fully saturated rings. The molecular weight excluding hydrogens is 328 g/mol. The standard InChI is InChI=1S/C21H24N2O3/c1-2-16(17-8-4-3-5-9-17)14-22-20(24)12-13-23-18-10-6-7-11-19(18)26-15-21(23)25/h3-11,16H,2,12-15H2,1H3,(H,22,24). The Hall–Kier alpha value is -2.82. The number of carbonyl (C=O) groups is 2. The first-order chi connectivity index (χ1) is 12.7. The predicted molar refractivity (Wildman–Crippen MR) is 101 cm³/mol. The summed E-state index contributed by atoms with van der Waals surface area (Å²) >= 11 is 0. The minimum Gasteiger partial charge on any atom is -0.482 e. The smallest absolute Gasteiger partial charge is 0.265 e. The van der Waals surface area contributed by atoms with E-state index in [2.05, 4.69) is 24.4 Å². The van der Waals surface area contributed by atoms with Crippen LogP contribution in [0, 0.1) is 0 Å². The molecular formula is C21H24N2O3. The molecule has 0 aliphatic carbocycles. The van der Waals surface area contributed by atoms with E-state index in [1.54, 1.807) is 4.90 Å². The van der Waals surface area contributed by atoms with E-state index >= 15 is 0 Å². The summed E-state index contributed by atoms with van der Waals surface area (Å²) in [5.41, 5.74) is 1.96. The van der Waals surface area contributed by atoms with Gasteiger partial charge < -0.3 is 15.0 Å². The van der Waals surface area contributed by atoms with Gasteiger partial charge in [-0.15, -0.1) is 0 Å². The van der Waals surface area contributed by atoms with Gasteiger partial charge in [0.25, 0.3) is 5.91 Å². The molecule has 136 valence electrons. The van der Waals surface area contributed by atoms with Gasteiger partial charge in [0, 0.05) is 25.4 Å². The molecule has 1 atom stereocenters. The highest BCUT2D eigenvalue weighted by atomic mass is 16.5. The van der Waals surface area contributed by atoms with Gasteiger partial charge in [0.15, 0.2) is 6.61 Å². The summed E-state index contributed by atoms with van der Waals surface area (Å²) < 4.78 is 5.42. The summed E-state index contributed by atoms with van der Waals surface area (Å²) in [6.07, 6.45) is 1.23. The fourth-order valence-electron chi connectivity index (χ4n) is 3.16. The van der Waals surface area contributed by atoms with E-state index in [1.165, 1.54) is 5.56 Å². The van der Waals surface area contributed by atoms with Crippen molar-refractivity contribution in [3.63, 3.8) is 0 Å². The summed E-state index contributed by atoms with van der Waals surface area (Å²) in [7, 11) is 0. The van der Waals surface area contributed by atoms with Crippen LogP contribution in [0.5, 0.6) is 5.75 Å². The lowest BCUT2D eigenvalue weighted by Gasteiger charge is -2.29. The molecule has 1 unspecified atom stereocenters. The molecule has 2 aromatic rings. The third kappa shape index (κ3) is 4.23. The maximum Gasteiger partial charge on any atom is 0.265 e. The minimum absolute atomic E-state index is 0.0184. The molecule has 0 spiro atoms. The van der Waals surface area contributed by atoms with Crippen LogP contribution in [-0.2, 0) is 9.59 Å². The Morgan fingerprint density at radius 2 is 1.88 bits per heavy atom. The van der Waals surface area contributed by atoms with E-state index in [0.29, 0.717) is 24.8 Å². The van der Waals surface area contributed by atoms with Crippen molar-refractivity contribution in [3.05, 3.63) is 60.2 Å². The Bertz CT molecular complexity index is 761. The highest BCUT2D eigenvalue weighted by Crippen LogP contribution is 2.31. The number of nitrogens with zero attached hydrogens (tertiary/aromatic N) is 1. The third-order valence-electron chi connectivity index (χ3n) is 4.68. The van der Waals surface area contributed by atoms with Gasteiger partial charge in [-0.3, -0.25) is 9.59 Å². The quantitative estimate of drug-likeness (QED) is 0.833. The van der Waals surface area contributed by atoms with Crippen molar-refractivity contribution in [1.82, 2.24) is 5.32 Å². The summed E-state index contributed by atoms with van der Waals surface area (Å²) in [6.45, 7) is 3.10. The van der Waals surface area contributed by atoms with Crippen molar-refractivity contribution < 1.29 is 14.3 Å². The molecule has 1 aliphatic heterocycles. The maximum atomic E-state index is 12.3. The zero-order valence-corrected chi connectivity index (χ0v) is 15.0. The SMILES string of the molecule is CCC(CNC(=O)CCN1C(=O)COc2ccccc21)c1ccccc1. The summed E-state index contributed by atoms with van der Waals surface area (Å²) in [4.78, 5) is 26.0. The van der Waals surface area contributed by atoms with Crippen LogP contribution in [0.2, 0.25) is 0 Å². The van der Waals surface area contributed by atoms with Crippen molar-refractivity contribution in [2.24, 2.45) is 0 Å². The van der Waals surface area contributed by atoms with Crippen LogP contribution >= 0.6 is 0 Å². The Balaban J connectivity index is 1.54. The molecule has 1 N–H and O–H groups in total. The molecule has 5 heteroatoms. The number of benzene rings is 2. The number of hydrogen-bond acceptors (Lipinski definition) is 3. The molecule has 0 radical (unpaired) electrons. The van der Waals surface area contributed by atoms with Crippen LogP contribution < -0.4 is 15.0 Å². The number of carbonyl (C=O) groups excluding carboxylic acids is 2. The highest BCUT2D eigenvalue weighted by molar-refractivity contribution is 5.98. The van der Waals surface area contributed by atoms with Gasteiger partial charge in [-0.2, -0.15) is 0 Å². The molecule has 0 bridgehead atoms. The summed E-state index contributed by atoms with van der Waals surface area (Å²) in [5, 5.41) is 3.00. The largest absolute Gasteiger partial charge is 0.482 e. The van der Waals surface area contributed by atoms with Crippen LogP contribution in [0.25, 0.3) is 0 Å². The normalized spacial score (nSPS) is 14.3. The first kappa shape index (κ1) is 18.0. The molecule has 2 aromatic carbocycles. The second-order valence-corrected chi connectivity index (χ2v) is 6.37. The van der Waals surface area contributed by atoms with Crippen LogP contribution in [-0.4, -0.2) is 31.5 Å². The van der Waals surface area contributed by atoms with Crippen LogP contribution in [0.3, 0.4) is 0 Å². The lowest BCUT2D eigenvalue weighted by Crippen LogP contribution is -2.41. The van der Waals surface area contributed by atoms with E-state index in [-0.39, 0.29) is 24.8 Å². The molecule has 26 heavy (non-hydrogen) atoms. The average molecular weight is 352 g/mol. The number of nitrogens with one attached hydrogen (secondary N) is 1. The third-order valence-corrected chi connectivity index (χ3v) is 4.68. The van der Waals surface area contributed by atoms with Crippen LogP contribution in [0.4, 0.5) is 5.69 Å². The molecule has 1 heterocycles. The van der Waals surface area contributed by atoms with E-state index in [1.807, 2.05) is 42.5 Å². The van der Waals surface area contributed by atoms with E-state index in [4.69, 9.17) is 4.74 Å². The van der Waals surface area contributed by atoms with Gasteiger partial charge in [-0.05, 0) is 24.1 Å². The first-order valence-electron chi connectivity index (χ1n) is 9.03. The molecule has 0 saturated carbocycles. The Kier molecular flexibility index (Phi) is 5.89. The number of rotatable bonds is 7. The molecule has 0 aromatic heterocycles. The van der Waals surface area contributed by atoms with Crippen molar-refractivity contribution in [1.29, 1.82) is 0 Å². The van der Waals surface area contributed by atoms with Gasteiger partial charge in [0.05, 0.1) is 5.69 Å². The van der Waals surface area contributed by atoms with E-state index < -0.39 is 0 Å². The molecule has 2 amide bonds. The zero-order valence-electron chi connectivity index (χ0n) is 15.0. The van der Waals surface area contributed by atoms with Crippen molar-refractivity contribution in [2.75, 3.05) is 24.6 Å². The topological polar surface area (TPSA) is 58.6 Å². The van der Waals surface area contributed by atoms with Crippen molar-refractivity contribution in [3.8, 4) is 5.75 Å². The lowest BCUT2D eigenvalue weighted by atomic mass is 9.96. The summed E-state index contributed by atoms with van der Waals surface area (Å²) in [5.74, 6) is 0.817. The van der Waals surface area contributed by atoms with Crippen LogP contribution in [0.15, 0.2) is 54.6 Å². The van der Waals surface area contributed by atoms with Gasteiger partial charge in [-0.1, -0.05) is 49.4 Å². The Morgan fingerprint density at radius 1 is 1.15 bits per heavy atom. The lowest BCUT2D eigenvalue weighted by molar-refractivity contribution is -0.122. The molecule has 0 saturated heterocycles. The number of fused-ring (bicyclic) bond motifs is 1. The highest BCUT2D eigenvalue weighted by Gasteiger charge is 2.25. The van der Waals surface area contributed by atoms with Crippen molar-refractivity contribution >= 4 is 17.5 Å². The predicted octanol–water partition coefficient (Wildman–Crippen LogP) is 3.11. The molecule has 1 aliphatic rings. The molecule has 3 rings (SSSR count). The fourth-order valence-corrected chi connectivity index (χ4v) is 3.16.